The lowest BCUT2D eigenvalue weighted by molar-refractivity contribution is 0.811. The fourth-order valence-corrected chi connectivity index (χ4v) is 1.44. The van der Waals surface area contributed by atoms with Crippen LogP contribution in [0.1, 0.15) is 50.6 Å². The van der Waals surface area contributed by atoms with E-state index in [1.807, 2.05) is 27.7 Å². The Hall–Kier alpha value is -0.920. The summed E-state index contributed by atoms with van der Waals surface area (Å²) >= 11 is 0. The predicted molar refractivity (Wildman–Crippen MR) is 56.9 cm³/mol. The first kappa shape index (κ1) is 12.1. The van der Waals surface area contributed by atoms with Crippen molar-refractivity contribution in [3.63, 3.8) is 0 Å². The van der Waals surface area contributed by atoms with E-state index < -0.39 is 0 Å². The molecule has 13 heavy (non-hydrogen) atoms. The van der Waals surface area contributed by atoms with E-state index in [0.717, 1.165) is 11.4 Å². The molecule has 0 fully saturated rings. The van der Waals surface area contributed by atoms with Crippen LogP contribution in [0.4, 0.5) is 0 Å². The van der Waals surface area contributed by atoms with E-state index in [1.165, 1.54) is 5.56 Å². The molecule has 0 N–H and O–H groups in total. The average Bonchev–Trinajstić information content (AvgIpc) is 2.07. The molecule has 0 amide bonds. The topological polar surface area (TPSA) is 25.8 Å². The van der Waals surface area contributed by atoms with Gasteiger partial charge in [-0.25, -0.2) is 9.97 Å². The van der Waals surface area contributed by atoms with Crippen LogP contribution < -0.4 is 0 Å². The van der Waals surface area contributed by atoms with E-state index in [1.54, 1.807) is 6.33 Å². The Morgan fingerprint density at radius 2 is 1.38 bits per heavy atom. The molecule has 1 heterocycles. The molecule has 0 unspecified atom stereocenters. The number of nitrogens with zero attached hydrogens (tertiary/aromatic N) is 2. The minimum Gasteiger partial charge on any atom is -0.241 e. The highest BCUT2D eigenvalue weighted by atomic mass is 14.8. The fraction of sp³-hybridized carbons (Fsp3) is 0.636. The third-order valence-corrected chi connectivity index (χ3v) is 1.86. The Morgan fingerprint density at radius 3 is 1.62 bits per heavy atom. The Labute approximate surface area is 81.4 Å². The van der Waals surface area contributed by atoms with Gasteiger partial charge in [-0.15, -0.1) is 0 Å². The van der Waals surface area contributed by atoms with Crippen molar-refractivity contribution in [2.24, 2.45) is 0 Å². The molecule has 0 saturated heterocycles. The van der Waals surface area contributed by atoms with Gasteiger partial charge in [0.2, 0.25) is 0 Å². The second-order valence-electron chi connectivity index (χ2n) is 3.11. The van der Waals surface area contributed by atoms with Gasteiger partial charge in [-0.2, -0.15) is 0 Å². The molecule has 0 aliphatic heterocycles. The minimum absolute atomic E-state index is 0.524. The molecule has 0 atom stereocenters. The smallest absolute Gasteiger partial charge is 0.115 e. The maximum absolute atomic E-state index is 4.15. The first-order chi connectivity index (χ1) is 6.13. The average molecular weight is 180 g/mol. The van der Waals surface area contributed by atoms with Gasteiger partial charge in [0.05, 0.1) is 0 Å². The van der Waals surface area contributed by atoms with Crippen LogP contribution in [-0.2, 0) is 0 Å². The zero-order valence-corrected chi connectivity index (χ0v) is 9.55. The molecule has 1 aromatic rings. The van der Waals surface area contributed by atoms with E-state index in [0.29, 0.717) is 5.92 Å². The molecule has 2 nitrogen and oxygen atoms in total. The van der Waals surface area contributed by atoms with Gasteiger partial charge in [-0.1, -0.05) is 27.7 Å². The van der Waals surface area contributed by atoms with Crippen molar-refractivity contribution >= 4 is 0 Å². The van der Waals surface area contributed by atoms with Gasteiger partial charge < -0.3 is 0 Å². The second kappa shape index (κ2) is 5.68. The predicted octanol–water partition coefficient (Wildman–Crippen LogP) is 3.24. The summed E-state index contributed by atoms with van der Waals surface area (Å²) in [7, 11) is 0. The summed E-state index contributed by atoms with van der Waals surface area (Å²) in [5.74, 6) is 0.524. The van der Waals surface area contributed by atoms with Crippen molar-refractivity contribution in [3.05, 3.63) is 23.3 Å². The van der Waals surface area contributed by atoms with Crippen LogP contribution in [-0.4, -0.2) is 9.97 Å². The van der Waals surface area contributed by atoms with Gasteiger partial charge >= 0.3 is 0 Å². The SMILES string of the molecule is CC.Cc1ncnc(C)c1C(C)C. The molecular weight excluding hydrogens is 160 g/mol. The molecule has 0 radical (unpaired) electrons. The summed E-state index contributed by atoms with van der Waals surface area (Å²) in [4.78, 5) is 8.30. The number of hydrogen-bond donors (Lipinski definition) is 0. The molecule has 2 heteroatoms. The summed E-state index contributed by atoms with van der Waals surface area (Å²) in [6, 6.07) is 0. The summed E-state index contributed by atoms with van der Waals surface area (Å²) < 4.78 is 0. The van der Waals surface area contributed by atoms with Crippen LogP contribution in [0, 0.1) is 13.8 Å². The van der Waals surface area contributed by atoms with Crippen LogP contribution >= 0.6 is 0 Å². The van der Waals surface area contributed by atoms with Gasteiger partial charge in [0.15, 0.2) is 0 Å². The summed E-state index contributed by atoms with van der Waals surface area (Å²) in [5.41, 5.74) is 3.49. The lowest BCUT2D eigenvalue weighted by Gasteiger charge is -2.10. The van der Waals surface area contributed by atoms with Gasteiger partial charge in [0.25, 0.3) is 0 Å². The summed E-state index contributed by atoms with van der Waals surface area (Å²) in [6.45, 7) is 12.4. The standard InChI is InChI=1S/C9H14N2.C2H6/c1-6(2)9-7(3)10-5-11-8(9)4;1-2/h5-6H,1-4H3;1-2H3. The van der Waals surface area contributed by atoms with Crippen LogP contribution in [0.25, 0.3) is 0 Å². The lowest BCUT2D eigenvalue weighted by atomic mass is 10.0. The fourth-order valence-electron chi connectivity index (χ4n) is 1.44. The molecule has 0 aliphatic carbocycles. The van der Waals surface area contributed by atoms with Crippen molar-refractivity contribution in [2.45, 2.75) is 47.5 Å². The highest BCUT2D eigenvalue weighted by Gasteiger charge is 2.07. The van der Waals surface area contributed by atoms with Crippen LogP contribution in [0.5, 0.6) is 0 Å². The summed E-state index contributed by atoms with van der Waals surface area (Å²) in [6.07, 6.45) is 1.62. The number of hydrogen-bond acceptors (Lipinski definition) is 2. The molecule has 0 bridgehead atoms. The van der Waals surface area contributed by atoms with Crippen molar-refractivity contribution < 1.29 is 0 Å². The van der Waals surface area contributed by atoms with Crippen molar-refractivity contribution in [2.75, 3.05) is 0 Å². The maximum Gasteiger partial charge on any atom is 0.115 e. The largest absolute Gasteiger partial charge is 0.241 e. The first-order valence-electron chi connectivity index (χ1n) is 4.91. The zero-order chi connectivity index (χ0) is 10.4. The number of rotatable bonds is 1. The van der Waals surface area contributed by atoms with Crippen LogP contribution in [0.15, 0.2) is 6.33 Å². The first-order valence-corrected chi connectivity index (χ1v) is 4.91. The highest BCUT2D eigenvalue weighted by Crippen LogP contribution is 2.18. The van der Waals surface area contributed by atoms with Crippen LogP contribution in [0.3, 0.4) is 0 Å². The van der Waals surface area contributed by atoms with E-state index in [9.17, 15) is 0 Å². The van der Waals surface area contributed by atoms with E-state index >= 15 is 0 Å². The Bertz CT molecular complexity index is 234. The van der Waals surface area contributed by atoms with Crippen molar-refractivity contribution in [1.82, 2.24) is 9.97 Å². The second-order valence-corrected chi connectivity index (χ2v) is 3.11. The molecule has 0 spiro atoms. The third-order valence-electron chi connectivity index (χ3n) is 1.86. The van der Waals surface area contributed by atoms with Crippen molar-refractivity contribution in [1.29, 1.82) is 0 Å². The molecule has 1 aromatic heterocycles. The zero-order valence-electron chi connectivity index (χ0n) is 9.55. The molecule has 1 rings (SSSR count). The summed E-state index contributed by atoms with van der Waals surface area (Å²) in [5, 5.41) is 0. The van der Waals surface area contributed by atoms with Gasteiger partial charge in [0, 0.05) is 11.4 Å². The minimum atomic E-state index is 0.524. The number of aryl methyl sites for hydroxylation is 2. The van der Waals surface area contributed by atoms with Gasteiger partial charge in [0.1, 0.15) is 6.33 Å². The normalized spacial score (nSPS) is 9.46. The molecular formula is C11H20N2. The quantitative estimate of drug-likeness (QED) is 0.663. The van der Waals surface area contributed by atoms with Crippen LogP contribution in [0.2, 0.25) is 0 Å². The molecule has 0 saturated carbocycles. The molecule has 0 aromatic carbocycles. The maximum atomic E-state index is 4.15. The van der Waals surface area contributed by atoms with Gasteiger partial charge in [-0.3, -0.25) is 0 Å². The van der Waals surface area contributed by atoms with E-state index in [4.69, 9.17) is 0 Å². The Kier molecular flexibility index (Phi) is 5.28. The molecule has 0 aliphatic rings. The number of aromatic nitrogens is 2. The monoisotopic (exact) mass is 180 g/mol. The third kappa shape index (κ3) is 3.13. The lowest BCUT2D eigenvalue weighted by Crippen LogP contribution is -2.00. The highest BCUT2D eigenvalue weighted by molar-refractivity contribution is 5.25. The van der Waals surface area contributed by atoms with E-state index in [2.05, 4.69) is 23.8 Å². The molecule has 74 valence electrons. The van der Waals surface area contributed by atoms with Gasteiger partial charge in [-0.05, 0) is 25.3 Å². The van der Waals surface area contributed by atoms with E-state index in [-0.39, 0.29) is 0 Å². The Morgan fingerprint density at radius 1 is 1.00 bits per heavy atom. The van der Waals surface area contributed by atoms with Crippen molar-refractivity contribution in [3.8, 4) is 0 Å². The Balaban J connectivity index is 0.000000671.